The van der Waals surface area contributed by atoms with E-state index in [-0.39, 0.29) is 23.3 Å². The molecule has 138 valence electrons. The van der Waals surface area contributed by atoms with Crippen LogP contribution < -0.4 is 15.4 Å². The van der Waals surface area contributed by atoms with Crippen LogP contribution in [0, 0.1) is 6.92 Å². The Kier molecular flexibility index (Phi) is 8.50. The summed E-state index contributed by atoms with van der Waals surface area (Å²) in [5.41, 5.74) is 1.90. The van der Waals surface area contributed by atoms with Crippen molar-refractivity contribution in [1.29, 1.82) is 0 Å². The summed E-state index contributed by atoms with van der Waals surface area (Å²) in [7, 11) is 0. The summed E-state index contributed by atoms with van der Waals surface area (Å²) in [6.07, 6.45) is 0. The van der Waals surface area contributed by atoms with Crippen molar-refractivity contribution >= 4 is 45.2 Å². The number of anilines is 1. The van der Waals surface area contributed by atoms with E-state index in [4.69, 9.17) is 4.74 Å². The van der Waals surface area contributed by atoms with Crippen molar-refractivity contribution in [2.45, 2.75) is 6.92 Å². The van der Waals surface area contributed by atoms with E-state index < -0.39 is 0 Å². The number of carbonyl (C=O) groups is 2. The van der Waals surface area contributed by atoms with Crippen LogP contribution in [-0.2, 0) is 9.59 Å². The van der Waals surface area contributed by atoms with Crippen molar-refractivity contribution in [2.75, 3.05) is 30.0 Å². The van der Waals surface area contributed by atoms with Gasteiger partial charge in [-0.15, -0.1) is 11.8 Å². The molecule has 26 heavy (non-hydrogen) atoms. The minimum absolute atomic E-state index is 0.113. The fraction of sp³-hybridized carbons (Fsp3) is 0.263. The molecule has 2 aromatic rings. The number of benzene rings is 2. The molecule has 0 fully saturated rings. The Balaban J connectivity index is 1.55. The molecule has 2 amide bonds. The van der Waals surface area contributed by atoms with Crippen LogP contribution in [0.3, 0.4) is 0 Å². The van der Waals surface area contributed by atoms with Gasteiger partial charge in [0.2, 0.25) is 11.8 Å². The highest BCUT2D eigenvalue weighted by atomic mass is 79.9. The molecule has 0 aliphatic carbocycles. The lowest BCUT2D eigenvalue weighted by molar-refractivity contribution is -0.118. The average Bonchev–Trinajstić information content (AvgIpc) is 2.60. The highest BCUT2D eigenvalue weighted by molar-refractivity contribution is 9.10. The fourth-order valence-corrected chi connectivity index (χ4v) is 3.09. The fourth-order valence-electron chi connectivity index (χ4n) is 2.04. The SMILES string of the molecule is Cc1ccc(OCCNC(=O)CSCC(=O)Nc2cccc(Br)c2)cc1. The Hall–Kier alpha value is -1.99. The molecule has 0 atom stereocenters. The first-order valence-corrected chi connectivity index (χ1v) is 10.1. The quantitative estimate of drug-likeness (QED) is 0.588. The van der Waals surface area contributed by atoms with Crippen LogP contribution in [-0.4, -0.2) is 36.5 Å². The molecule has 0 aromatic heterocycles. The van der Waals surface area contributed by atoms with E-state index in [2.05, 4.69) is 26.6 Å². The van der Waals surface area contributed by atoms with Crippen molar-refractivity contribution in [3.05, 3.63) is 58.6 Å². The van der Waals surface area contributed by atoms with Crippen molar-refractivity contribution in [1.82, 2.24) is 5.32 Å². The van der Waals surface area contributed by atoms with Gasteiger partial charge in [-0.25, -0.2) is 0 Å². The highest BCUT2D eigenvalue weighted by Gasteiger charge is 2.06. The molecular weight excluding hydrogens is 416 g/mol. The summed E-state index contributed by atoms with van der Waals surface area (Å²) >= 11 is 4.62. The van der Waals surface area contributed by atoms with Gasteiger partial charge in [0.15, 0.2) is 0 Å². The normalized spacial score (nSPS) is 10.2. The number of nitrogens with one attached hydrogen (secondary N) is 2. The number of hydrogen-bond donors (Lipinski definition) is 2. The van der Waals surface area contributed by atoms with Gasteiger partial charge in [0.05, 0.1) is 18.1 Å². The van der Waals surface area contributed by atoms with Gasteiger partial charge in [-0.2, -0.15) is 0 Å². The van der Waals surface area contributed by atoms with Crippen molar-refractivity contribution in [3.63, 3.8) is 0 Å². The maximum absolute atomic E-state index is 11.8. The second kappa shape index (κ2) is 10.9. The van der Waals surface area contributed by atoms with Gasteiger partial charge in [0.1, 0.15) is 12.4 Å². The second-order valence-electron chi connectivity index (χ2n) is 5.56. The van der Waals surface area contributed by atoms with E-state index in [1.807, 2.05) is 55.5 Å². The lowest BCUT2D eigenvalue weighted by atomic mass is 10.2. The summed E-state index contributed by atoms with van der Waals surface area (Å²) < 4.78 is 6.44. The molecule has 0 radical (unpaired) electrons. The molecule has 0 aliphatic rings. The lowest BCUT2D eigenvalue weighted by Gasteiger charge is -2.08. The van der Waals surface area contributed by atoms with Crippen molar-refractivity contribution in [2.24, 2.45) is 0 Å². The Labute approximate surface area is 166 Å². The van der Waals surface area contributed by atoms with Crippen LogP contribution in [0.25, 0.3) is 0 Å². The lowest BCUT2D eigenvalue weighted by Crippen LogP contribution is -2.30. The van der Waals surface area contributed by atoms with Gasteiger partial charge in [0.25, 0.3) is 0 Å². The molecule has 0 saturated heterocycles. The highest BCUT2D eigenvalue weighted by Crippen LogP contribution is 2.16. The Morgan fingerprint density at radius 2 is 1.81 bits per heavy atom. The molecule has 7 heteroatoms. The molecule has 5 nitrogen and oxygen atoms in total. The molecule has 0 spiro atoms. The molecule has 0 aliphatic heterocycles. The van der Waals surface area contributed by atoms with Gasteiger partial charge < -0.3 is 15.4 Å². The first kappa shape index (κ1) is 20.3. The van der Waals surface area contributed by atoms with E-state index >= 15 is 0 Å². The first-order chi connectivity index (χ1) is 12.5. The minimum atomic E-state index is -0.136. The van der Waals surface area contributed by atoms with Crippen molar-refractivity contribution < 1.29 is 14.3 Å². The van der Waals surface area contributed by atoms with Gasteiger partial charge in [-0.1, -0.05) is 39.7 Å². The zero-order valence-corrected chi connectivity index (χ0v) is 16.9. The van der Waals surface area contributed by atoms with Crippen LogP contribution in [0.15, 0.2) is 53.0 Å². The summed E-state index contributed by atoms with van der Waals surface area (Å²) in [5, 5.41) is 5.56. The largest absolute Gasteiger partial charge is 0.492 e. The van der Waals surface area contributed by atoms with Crippen LogP contribution in [0.5, 0.6) is 5.75 Å². The smallest absolute Gasteiger partial charge is 0.234 e. The maximum atomic E-state index is 11.8. The summed E-state index contributed by atoms with van der Waals surface area (Å²) in [4.78, 5) is 23.6. The third-order valence-electron chi connectivity index (χ3n) is 3.29. The number of thioether (sulfide) groups is 1. The number of halogens is 1. The monoisotopic (exact) mass is 436 g/mol. The van der Waals surface area contributed by atoms with Crippen LogP contribution in [0.2, 0.25) is 0 Å². The zero-order valence-electron chi connectivity index (χ0n) is 14.5. The van der Waals surface area contributed by atoms with Gasteiger partial charge in [0, 0.05) is 10.2 Å². The molecule has 2 aromatic carbocycles. The maximum Gasteiger partial charge on any atom is 0.234 e. The number of hydrogen-bond acceptors (Lipinski definition) is 4. The van der Waals surface area contributed by atoms with E-state index in [0.29, 0.717) is 13.2 Å². The van der Waals surface area contributed by atoms with E-state index in [0.717, 1.165) is 15.9 Å². The molecule has 0 bridgehead atoms. The van der Waals surface area contributed by atoms with Crippen LogP contribution in [0.1, 0.15) is 5.56 Å². The van der Waals surface area contributed by atoms with Gasteiger partial charge >= 0.3 is 0 Å². The molecule has 0 heterocycles. The summed E-state index contributed by atoms with van der Waals surface area (Å²) in [6.45, 7) is 2.85. The molecule has 0 unspecified atom stereocenters. The first-order valence-electron chi connectivity index (χ1n) is 8.12. The van der Waals surface area contributed by atoms with Crippen molar-refractivity contribution in [3.8, 4) is 5.75 Å². The molecular formula is C19H21BrN2O3S. The van der Waals surface area contributed by atoms with E-state index in [9.17, 15) is 9.59 Å². The minimum Gasteiger partial charge on any atom is -0.492 e. The van der Waals surface area contributed by atoms with E-state index in [1.165, 1.54) is 17.3 Å². The zero-order chi connectivity index (χ0) is 18.8. The number of rotatable bonds is 9. The summed E-state index contributed by atoms with van der Waals surface area (Å²) in [6, 6.07) is 15.1. The predicted octanol–water partition coefficient (Wildman–Crippen LogP) is 3.62. The Bertz CT molecular complexity index is 738. The third kappa shape index (κ3) is 7.93. The third-order valence-corrected chi connectivity index (χ3v) is 4.71. The number of ether oxygens (including phenoxy) is 1. The van der Waals surface area contributed by atoms with Gasteiger partial charge in [-0.3, -0.25) is 9.59 Å². The summed E-state index contributed by atoms with van der Waals surface area (Å²) in [5.74, 6) is 0.987. The van der Waals surface area contributed by atoms with Crippen LogP contribution in [0.4, 0.5) is 5.69 Å². The second-order valence-corrected chi connectivity index (χ2v) is 7.46. The number of aryl methyl sites for hydroxylation is 1. The van der Waals surface area contributed by atoms with Crippen LogP contribution >= 0.6 is 27.7 Å². The molecule has 2 rings (SSSR count). The topological polar surface area (TPSA) is 67.4 Å². The predicted molar refractivity (Wildman–Crippen MR) is 110 cm³/mol. The Morgan fingerprint density at radius 1 is 1.08 bits per heavy atom. The standard InChI is InChI=1S/C19H21BrN2O3S/c1-14-5-7-17(8-6-14)25-10-9-21-18(23)12-26-13-19(24)22-16-4-2-3-15(20)11-16/h2-8,11H,9-10,12-13H2,1H3,(H,21,23)(H,22,24). The Morgan fingerprint density at radius 3 is 2.54 bits per heavy atom. The molecule has 2 N–H and O–H groups in total. The molecule has 0 saturated carbocycles. The number of carbonyl (C=O) groups excluding carboxylic acids is 2. The average molecular weight is 437 g/mol. The number of amides is 2. The van der Waals surface area contributed by atoms with E-state index in [1.54, 1.807) is 0 Å². The van der Waals surface area contributed by atoms with Gasteiger partial charge in [-0.05, 0) is 37.3 Å².